The minimum atomic E-state index is -4.43. The van der Waals surface area contributed by atoms with Gasteiger partial charge >= 0.3 is 6.18 Å². The highest BCUT2D eigenvalue weighted by Gasteiger charge is 2.32. The molecule has 1 aliphatic heterocycles. The Morgan fingerprint density at radius 2 is 1.68 bits per heavy atom. The Hall–Kier alpha value is -1.44. The van der Waals surface area contributed by atoms with Crippen LogP contribution >= 0.6 is 23.5 Å². The van der Waals surface area contributed by atoms with Crippen LogP contribution in [0.15, 0.2) is 41.3 Å². The highest BCUT2D eigenvalue weighted by molar-refractivity contribution is 7.97. The molecule has 1 saturated heterocycles. The third-order valence-corrected chi connectivity index (χ3v) is 5.23. The zero-order valence-electron chi connectivity index (χ0n) is 13.6. The van der Waals surface area contributed by atoms with E-state index in [1.807, 2.05) is 11.8 Å². The highest BCUT2D eigenvalue weighted by atomic mass is 35.5. The molecule has 134 valence electrons. The van der Waals surface area contributed by atoms with Crippen LogP contribution in [0.1, 0.15) is 11.1 Å². The Balaban J connectivity index is 1.64. The minimum absolute atomic E-state index is 0.138. The first-order chi connectivity index (χ1) is 11.8. The number of rotatable bonds is 3. The van der Waals surface area contributed by atoms with Crippen molar-refractivity contribution in [2.75, 3.05) is 31.1 Å². The van der Waals surface area contributed by atoms with E-state index in [2.05, 4.69) is 33.6 Å². The van der Waals surface area contributed by atoms with Gasteiger partial charge in [0.15, 0.2) is 0 Å². The van der Waals surface area contributed by atoms with Gasteiger partial charge in [-0.05, 0) is 43.1 Å². The summed E-state index contributed by atoms with van der Waals surface area (Å²) in [6.07, 6.45) is -4.43. The molecule has 1 aliphatic rings. The molecule has 0 aliphatic carbocycles. The molecule has 25 heavy (non-hydrogen) atoms. The molecule has 0 N–H and O–H groups in total. The number of hydrogen-bond acceptors (Lipinski definition) is 4. The summed E-state index contributed by atoms with van der Waals surface area (Å²) in [6, 6.07) is 10.2. The Labute approximate surface area is 153 Å². The lowest BCUT2D eigenvalue weighted by atomic mass is 10.2. The molecule has 0 bridgehead atoms. The lowest BCUT2D eigenvalue weighted by Gasteiger charge is -2.34. The van der Waals surface area contributed by atoms with Crippen LogP contribution in [0.3, 0.4) is 0 Å². The van der Waals surface area contributed by atoms with Crippen LogP contribution in [0.5, 0.6) is 0 Å². The van der Waals surface area contributed by atoms with Crippen molar-refractivity contribution in [3.63, 3.8) is 0 Å². The van der Waals surface area contributed by atoms with E-state index in [1.54, 1.807) is 11.9 Å². The van der Waals surface area contributed by atoms with Crippen LogP contribution in [-0.4, -0.2) is 35.5 Å². The first kappa shape index (κ1) is 18.4. The lowest BCUT2D eigenvalue weighted by molar-refractivity contribution is -0.137. The molecule has 8 heteroatoms. The van der Waals surface area contributed by atoms with Gasteiger partial charge in [-0.15, -0.1) is 0 Å². The first-order valence-corrected chi connectivity index (χ1v) is 8.96. The monoisotopic (exact) mass is 387 g/mol. The summed E-state index contributed by atoms with van der Waals surface area (Å²) < 4.78 is 41.0. The van der Waals surface area contributed by atoms with Gasteiger partial charge in [0, 0.05) is 31.1 Å². The predicted octanol–water partition coefficient (Wildman–Crippen LogP) is 4.89. The summed E-state index contributed by atoms with van der Waals surface area (Å²) in [5, 5.41) is -0.138. The van der Waals surface area contributed by atoms with Crippen molar-refractivity contribution in [3.8, 4) is 0 Å². The van der Waals surface area contributed by atoms with Crippen molar-refractivity contribution >= 4 is 29.4 Å². The second-order valence-electron chi connectivity index (χ2n) is 5.85. The lowest BCUT2D eigenvalue weighted by Crippen LogP contribution is -2.43. The molecular formula is C17H17ClF3N3S. The van der Waals surface area contributed by atoms with E-state index in [9.17, 15) is 13.2 Å². The SMILES string of the molecule is Cc1ccc(SN2CCN(c3cc(C(F)(F)F)cc(Cl)n3)CC2)cc1. The molecule has 0 saturated carbocycles. The number of halogens is 4. The molecule has 0 atom stereocenters. The largest absolute Gasteiger partial charge is 0.416 e. The summed E-state index contributed by atoms with van der Waals surface area (Å²) in [6.45, 7) is 4.70. The molecule has 0 radical (unpaired) electrons. The van der Waals surface area contributed by atoms with Crippen molar-refractivity contribution in [2.45, 2.75) is 18.0 Å². The van der Waals surface area contributed by atoms with E-state index < -0.39 is 11.7 Å². The molecule has 2 aromatic rings. The molecule has 0 spiro atoms. The van der Waals surface area contributed by atoms with Crippen LogP contribution in [-0.2, 0) is 6.18 Å². The average Bonchev–Trinajstić information content (AvgIpc) is 2.56. The number of benzene rings is 1. The fraction of sp³-hybridized carbons (Fsp3) is 0.353. The number of nitrogens with zero attached hydrogens (tertiary/aromatic N) is 3. The van der Waals surface area contributed by atoms with Gasteiger partial charge in [-0.25, -0.2) is 9.29 Å². The number of piperazine rings is 1. The van der Waals surface area contributed by atoms with E-state index in [4.69, 9.17) is 11.6 Å². The van der Waals surface area contributed by atoms with E-state index in [0.29, 0.717) is 13.1 Å². The number of aryl methyl sites for hydroxylation is 1. The van der Waals surface area contributed by atoms with Crippen molar-refractivity contribution in [1.82, 2.24) is 9.29 Å². The number of aromatic nitrogens is 1. The van der Waals surface area contributed by atoms with Crippen molar-refractivity contribution in [3.05, 3.63) is 52.7 Å². The molecule has 0 unspecified atom stereocenters. The van der Waals surface area contributed by atoms with Gasteiger partial charge in [-0.2, -0.15) is 13.2 Å². The molecule has 3 rings (SSSR count). The van der Waals surface area contributed by atoms with Crippen molar-refractivity contribution in [1.29, 1.82) is 0 Å². The zero-order chi connectivity index (χ0) is 18.0. The average molecular weight is 388 g/mol. The fourth-order valence-electron chi connectivity index (χ4n) is 2.57. The molecule has 1 aromatic carbocycles. The van der Waals surface area contributed by atoms with Crippen LogP contribution in [0.25, 0.3) is 0 Å². The Bertz CT molecular complexity index is 729. The van der Waals surface area contributed by atoms with Gasteiger partial charge in [-0.3, -0.25) is 0 Å². The third-order valence-electron chi connectivity index (χ3n) is 3.93. The predicted molar refractivity (Wildman–Crippen MR) is 95.1 cm³/mol. The van der Waals surface area contributed by atoms with Gasteiger partial charge in [0.25, 0.3) is 0 Å². The minimum Gasteiger partial charge on any atom is -0.354 e. The Kier molecular flexibility index (Phi) is 5.46. The molecule has 1 aromatic heterocycles. The number of hydrogen-bond donors (Lipinski definition) is 0. The Morgan fingerprint density at radius 3 is 2.28 bits per heavy atom. The quantitative estimate of drug-likeness (QED) is 0.551. The van der Waals surface area contributed by atoms with Crippen molar-refractivity contribution < 1.29 is 13.2 Å². The molecule has 3 nitrogen and oxygen atoms in total. The van der Waals surface area contributed by atoms with Gasteiger partial charge < -0.3 is 4.90 Å². The van der Waals surface area contributed by atoms with Gasteiger partial charge in [0.1, 0.15) is 11.0 Å². The summed E-state index contributed by atoms with van der Waals surface area (Å²) >= 11 is 7.43. The molecule has 0 amide bonds. The fourth-order valence-corrected chi connectivity index (χ4v) is 3.67. The standard InChI is InChI=1S/C17H17ClF3N3S/c1-12-2-4-14(5-3-12)25-24-8-6-23(7-9-24)16-11-13(17(19,20)21)10-15(18)22-16/h2-5,10-11H,6-9H2,1H3. The number of anilines is 1. The summed E-state index contributed by atoms with van der Waals surface area (Å²) in [7, 11) is 0. The first-order valence-electron chi connectivity index (χ1n) is 7.80. The van der Waals surface area contributed by atoms with E-state index in [1.165, 1.54) is 5.56 Å². The maximum Gasteiger partial charge on any atom is 0.416 e. The van der Waals surface area contributed by atoms with E-state index in [0.717, 1.165) is 30.1 Å². The maximum atomic E-state index is 12.9. The van der Waals surface area contributed by atoms with Gasteiger partial charge in [0.2, 0.25) is 0 Å². The zero-order valence-corrected chi connectivity index (χ0v) is 15.1. The van der Waals surface area contributed by atoms with Crippen LogP contribution in [0.2, 0.25) is 5.15 Å². The molecular weight excluding hydrogens is 371 g/mol. The molecule has 1 fully saturated rings. The second-order valence-corrected chi connectivity index (χ2v) is 7.41. The highest BCUT2D eigenvalue weighted by Crippen LogP contribution is 2.33. The smallest absolute Gasteiger partial charge is 0.354 e. The van der Waals surface area contributed by atoms with Crippen LogP contribution in [0.4, 0.5) is 19.0 Å². The second kappa shape index (κ2) is 7.43. The van der Waals surface area contributed by atoms with Crippen LogP contribution < -0.4 is 4.90 Å². The number of pyridine rings is 1. The Morgan fingerprint density at radius 1 is 1.04 bits per heavy atom. The summed E-state index contributed by atoms with van der Waals surface area (Å²) in [5.41, 5.74) is 0.445. The molecule has 2 heterocycles. The maximum absolute atomic E-state index is 12.9. The third kappa shape index (κ3) is 4.80. The van der Waals surface area contributed by atoms with Crippen LogP contribution in [0, 0.1) is 6.92 Å². The summed E-state index contributed by atoms with van der Waals surface area (Å²) in [4.78, 5) is 7.05. The number of alkyl halides is 3. The normalized spacial score (nSPS) is 16.3. The van der Waals surface area contributed by atoms with E-state index in [-0.39, 0.29) is 11.0 Å². The van der Waals surface area contributed by atoms with Gasteiger partial charge in [-0.1, -0.05) is 29.3 Å². The summed E-state index contributed by atoms with van der Waals surface area (Å²) in [5.74, 6) is 0.278. The van der Waals surface area contributed by atoms with E-state index >= 15 is 0 Å². The topological polar surface area (TPSA) is 19.4 Å². The van der Waals surface area contributed by atoms with Crippen molar-refractivity contribution in [2.24, 2.45) is 0 Å². The van der Waals surface area contributed by atoms with Gasteiger partial charge in [0.05, 0.1) is 5.56 Å².